The van der Waals surface area contributed by atoms with Gasteiger partial charge in [-0.05, 0) is 74.4 Å². The van der Waals surface area contributed by atoms with Crippen molar-refractivity contribution in [2.45, 2.75) is 38.1 Å². The van der Waals surface area contributed by atoms with E-state index in [2.05, 4.69) is 21.6 Å². The molecule has 9 nitrogen and oxygen atoms in total. The number of amides is 3. The molecule has 1 unspecified atom stereocenters. The van der Waals surface area contributed by atoms with Gasteiger partial charge in [-0.15, -0.1) is 0 Å². The van der Waals surface area contributed by atoms with Gasteiger partial charge in [0.1, 0.15) is 11.5 Å². The van der Waals surface area contributed by atoms with Crippen molar-refractivity contribution >= 4 is 23.4 Å². The Bertz CT molecular complexity index is 1180. The highest BCUT2D eigenvalue weighted by atomic mass is 16.5. The molecule has 3 aliphatic rings. The Labute approximate surface area is 217 Å². The number of ether oxygens (including phenoxy) is 1. The van der Waals surface area contributed by atoms with Crippen LogP contribution < -0.4 is 21.1 Å². The molecular weight excluding hydrogens is 470 g/mol. The first-order valence-corrected chi connectivity index (χ1v) is 12.5. The Morgan fingerprint density at radius 2 is 1.89 bits per heavy atom. The number of carbonyl (C=O) groups excluding carboxylic acids is 3. The second-order valence-electron chi connectivity index (χ2n) is 9.18. The van der Waals surface area contributed by atoms with Crippen LogP contribution in [0.1, 0.15) is 32.1 Å². The zero-order chi connectivity index (χ0) is 26.2. The van der Waals surface area contributed by atoms with Gasteiger partial charge in [-0.2, -0.15) is 0 Å². The number of rotatable bonds is 8. The number of hydrogen-bond acceptors (Lipinski definition) is 6. The maximum atomic E-state index is 12.5. The molecule has 4 rings (SSSR count). The number of benzene rings is 1. The third kappa shape index (κ3) is 6.91. The van der Waals surface area contributed by atoms with Gasteiger partial charge in [-0.3, -0.25) is 9.59 Å². The Hall–Kier alpha value is -4.27. The summed E-state index contributed by atoms with van der Waals surface area (Å²) in [6, 6.07) is 6.96. The second-order valence-corrected chi connectivity index (χ2v) is 9.18. The number of likely N-dealkylation sites (tertiary alicyclic amines) is 1. The van der Waals surface area contributed by atoms with E-state index in [4.69, 9.17) is 10.5 Å². The molecule has 1 heterocycles. The molecule has 1 atom stereocenters. The first-order valence-electron chi connectivity index (χ1n) is 12.5. The topological polar surface area (TPSA) is 117 Å². The van der Waals surface area contributed by atoms with Crippen LogP contribution in [0.5, 0.6) is 5.75 Å². The zero-order valence-corrected chi connectivity index (χ0v) is 21.0. The lowest BCUT2D eigenvalue weighted by Gasteiger charge is -2.27. The molecule has 1 saturated heterocycles. The highest BCUT2D eigenvalue weighted by Crippen LogP contribution is 2.26. The van der Waals surface area contributed by atoms with Gasteiger partial charge in [0, 0.05) is 49.7 Å². The molecule has 0 radical (unpaired) electrons. The number of nitrogens with zero attached hydrogens (tertiary/aromatic N) is 2. The standard InChI is InChI=1S/C28H33N5O4/c1-32(27(35)26(34)15-17-29)23-16-18-33(19-23)22-11-7-20(8-12-22)30-28(36)31-21-9-13-25(14-10-21)37-24-5-3-2-4-6-24/h2-3,5,7,9-11,13-15,17,23H,4,6,8,12,16,18-19,29H2,1H3,(H2,30,31,36). The van der Waals surface area contributed by atoms with Gasteiger partial charge in [0.2, 0.25) is 5.78 Å². The van der Waals surface area contributed by atoms with Crippen molar-refractivity contribution in [1.82, 2.24) is 15.1 Å². The summed E-state index contributed by atoms with van der Waals surface area (Å²) in [6.45, 7) is 1.47. The van der Waals surface area contributed by atoms with Crippen LogP contribution in [0.2, 0.25) is 0 Å². The van der Waals surface area contributed by atoms with Crippen molar-refractivity contribution in [2.75, 3.05) is 25.5 Å². The van der Waals surface area contributed by atoms with E-state index < -0.39 is 11.7 Å². The molecule has 0 saturated carbocycles. The molecular formula is C28H33N5O4. The predicted octanol–water partition coefficient (Wildman–Crippen LogP) is 3.56. The summed E-state index contributed by atoms with van der Waals surface area (Å²) in [6.07, 6.45) is 16.3. The van der Waals surface area contributed by atoms with E-state index in [0.717, 1.165) is 67.4 Å². The van der Waals surface area contributed by atoms with E-state index in [9.17, 15) is 14.4 Å². The molecule has 1 aliphatic heterocycles. The smallest absolute Gasteiger partial charge is 0.323 e. The fraction of sp³-hybridized carbons (Fsp3) is 0.321. The van der Waals surface area contributed by atoms with Crippen molar-refractivity contribution in [3.63, 3.8) is 0 Å². The zero-order valence-electron chi connectivity index (χ0n) is 21.0. The lowest BCUT2D eigenvalue weighted by atomic mass is 10.1. The number of hydrogen-bond donors (Lipinski definition) is 3. The number of nitrogens with one attached hydrogen (secondary N) is 2. The van der Waals surface area contributed by atoms with Crippen LogP contribution in [-0.2, 0) is 9.59 Å². The van der Waals surface area contributed by atoms with E-state index >= 15 is 0 Å². The maximum Gasteiger partial charge on any atom is 0.323 e. The van der Waals surface area contributed by atoms with Crippen LogP contribution in [0.3, 0.4) is 0 Å². The lowest BCUT2D eigenvalue weighted by molar-refractivity contribution is -0.142. The summed E-state index contributed by atoms with van der Waals surface area (Å²) < 4.78 is 5.86. The van der Waals surface area contributed by atoms with Gasteiger partial charge in [-0.1, -0.05) is 12.2 Å². The first-order chi connectivity index (χ1) is 17.9. The Morgan fingerprint density at radius 3 is 2.57 bits per heavy atom. The molecule has 0 spiro atoms. The monoisotopic (exact) mass is 503 g/mol. The molecule has 1 aromatic rings. The van der Waals surface area contributed by atoms with Crippen molar-refractivity contribution in [3.8, 4) is 5.75 Å². The van der Waals surface area contributed by atoms with Crippen LogP contribution in [0.25, 0.3) is 0 Å². The number of urea groups is 1. The summed E-state index contributed by atoms with van der Waals surface area (Å²) in [5, 5.41) is 5.77. The Balaban J connectivity index is 1.25. The first kappa shape index (κ1) is 25.8. The van der Waals surface area contributed by atoms with E-state index in [1.54, 1.807) is 7.05 Å². The normalized spacial score (nSPS) is 19.1. The molecule has 3 amide bonds. The Kier molecular flexibility index (Phi) is 8.45. The molecule has 1 fully saturated rings. The van der Waals surface area contributed by atoms with E-state index in [1.165, 1.54) is 4.90 Å². The molecule has 4 N–H and O–H groups in total. The minimum absolute atomic E-state index is 0.0363. The van der Waals surface area contributed by atoms with Crippen LogP contribution in [0.4, 0.5) is 10.5 Å². The van der Waals surface area contributed by atoms with E-state index in [0.29, 0.717) is 18.7 Å². The molecule has 1 aromatic carbocycles. The van der Waals surface area contributed by atoms with Gasteiger partial charge in [0.15, 0.2) is 0 Å². The quantitative estimate of drug-likeness (QED) is 0.369. The fourth-order valence-electron chi connectivity index (χ4n) is 4.54. The Morgan fingerprint density at radius 1 is 1.08 bits per heavy atom. The van der Waals surface area contributed by atoms with Crippen LogP contribution >= 0.6 is 0 Å². The summed E-state index contributed by atoms with van der Waals surface area (Å²) >= 11 is 0. The number of nitrogens with two attached hydrogens (primary N) is 1. The van der Waals surface area contributed by atoms with Crippen molar-refractivity contribution in [3.05, 3.63) is 84.1 Å². The number of likely N-dealkylation sites (N-methyl/N-ethyl adjacent to an activating group) is 1. The molecule has 0 aromatic heterocycles. The third-order valence-corrected chi connectivity index (χ3v) is 6.63. The maximum absolute atomic E-state index is 12.5. The highest BCUT2D eigenvalue weighted by Gasteiger charge is 2.31. The molecule has 2 aliphatic carbocycles. The minimum Gasteiger partial charge on any atom is -0.462 e. The second kappa shape index (κ2) is 12.1. The van der Waals surface area contributed by atoms with Crippen molar-refractivity contribution < 1.29 is 19.1 Å². The molecule has 194 valence electrons. The predicted molar refractivity (Wildman–Crippen MR) is 142 cm³/mol. The van der Waals surface area contributed by atoms with E-state index in [1.807, 2.05) is 48.6 Å². The SMILES string of the molecule is CN(C(=O)C(=O)C=CN)C1CCN(C2=CC=C(NC(=O)Nc3ccc(OC4=CC=CCC4)cc3)CC2)C1. The fourth-order valence-corrected chi connectivity index (χ4v) is 4.54. The van der Waals surface area contributed by atoms with Crippen molar-refractivity contribution in [2.24, 2.45) is 5.73 Å². The number of ketones is 1. The average molecular weight is 504 g/mol. The van der Waals surface area contributed by atoms with Gasteiger partial charge in [-0.25, -0.2) is 4.79 Å². The summed E-state index contributed by atoms with van der Waals surface area (Å²) in [7, 11) is 1.65. The van der Waals surface area contributed by atoms with Crippen LogP contribution in [-0.4, -0.2) is 53.7 Å². The van der Waals surface area contributed by atoms with Crippen LogP contribution in [0.15, 0.2) is 84.1 Å². The molecule has 37 heavy (non-hydrogen) atoms. The number of allylic oxidation sites excluding steroid dienone is 8. The number of carbonyl (C=O) groups is 3. The summed E-state index contributed by atoms with van der Waals surface area (Å²) in [5.41, 5.74) is 7.89. The largest absolute Gasteiger partial charge is 0.462 e. The summed E-state index contributed by atoms with van der Waals surface area (Å²) in [4.78, 5) is 40.3. The van der Waals surface area contributed by atoms with Crippen molar-refractivity contribution in [1.29, 1.82) is 0 Å². The molecule has 0 bridgehead atoms. The number of anilines is 1. The van der Waals surface area contributed by atoms with Gasteiger partial charge >= 0.3 is 6.03 Å². The highest BCUT2D eigenvalue weighted by molar-refractivity contribution is 6.40. The van der Waals surface area contributed by atoms with Gasteiger partial charge < -0.3 is 30.9 Å². The third-order valence-electron chi connectivity index (χ3n) is 6.63. The van der Waals surface area contributed by atoms with Crippen LogP contribution in [0, 0.1) is 0 Å². The van der Waals surface area contributed by atoms with Gasteiger partial charge in [0.05, 0.1) is 6.04 Å². The summed E-state index contributed by atoms with van der Waals surface area (Å²) in [5.74, 6) is 0.498. The lowest BCUT2D eigenvalue weighted by Crippen LogP contribution is -2.42. The average Bonchev–Trinajstić information content (AvgIpc) is 3.40. The van der Waals surface area contributed by atoms with Gasteiger partial charge in [0.25, 0.3) is 5.91 Å². The minimum atomic E-state index is -0.615. The van der Waals surface area contributed by atoms with E-state index in [-0.39, 0.29) is 12.1 Å². The molecule has 9 heteroatoms.